The van der Waals surface area contributed by atoms with Gasteiger partial charge >= 0.3 is 0 Å². The normalized spacial score (nSPS) is 31.8. The van der Waals surface area contributed by atoms with Gasteiger partial charge in [0.25, 0.3) is 0 Å². The predicted octanol–water partition coefficient (Wildman–Crippen LogP) is 3.40. The molecule has 2 nitrogen and oxygen atoms in total. The first-order valence-electron chi connectivity index (χ1n) is 6.59. The second-order valence-corrected chi connectivity index (χ2v) is 5.57. The van der Waals surface area contributed by atoms with Gasteiger partial charge in [-0.2, -0.15) is 0 Å². The Morgan fingerprint density at radius 1 is 1.35 bits per heavy atom. The fraction of sp³-hybridized carbons (Fsp3) is 0.533. The lowest BCUT2D eigenvalue weighted by Crippen LogP contribution is -2.29. The van der Waals surface area contributed by atoms with Gasteiger partial charge in [0.15, 0.2) is 0 Å². The predicted molar refractivity (Wildman–Crippen MR) is 70.9 cm³/mol. The summed E-state index contributed by atoms with van der Waals surface area (Å²) in [7, 11) is 0. The monoisotopic (exact) mass is 228 g/mol. The van der Waals surface area contributed by atoms with E-state index in [0.717, 1.165) is 17.8 Å². The zero-order valence-electron chi connectivity index (χ0n) is 10.6. The Morgan fingerprint density at radius 3 is 2.88 bits per heavy atom. The number of fused-ring (bicyclic) bond motifs is 2. The van der Waals surface area contributed by atoms with Crippen molar-refractivity contribution < 1.29 is 0 Å². The van der Waals surface area contributed by atoms with E-state index in [9.17, 15) is 0 Å². The van der Waals surface area contributed by atoms with Gasteiger partial charge < -0.3 is 5.32 Å². The second kappa shape index (κ2) is 4.17. The highest BCUT2D eigenvalue weighted by Crippen LogP contribution is 2.45. The molecule has 0 radical (unpaired) electrons. The van der Waals surface area contributed by atoms with Crippen LogP contribution in [0.1, 0.15) is 25.3 Å². The van der Waals surface area contributed by atoms with Crippen LogP contribution in [0, 0.1) is 24.7 Å². The third-order valence-corrected chi connectivity index (χ3v) is 4.39. The molecule has 2 heteroatoms. The van der Waals surface area contributed by atoms with Crippen LogP contribution in [0.4, 0.5) is 5.69 Å². The van der Waals surface area contributed by atoms with Crippen LogP contribution < -0.4 is 5.32 Å². The Kier molecular flexibility index (Phi) is 2.65. The highest BCUT2D eigenvalue weighted by Gasteiger charge is 2.38. The van der Waals surface area contributed by atoms with E-state index in [1.54, 1.807) is 0 Å². The van der Waals surface area contributed by atoms with E-state index >= 15 is 0 Å². The number of hydrogen-bond donors (Lipinski definition) is 1. The largest absolute Gasteiger partial charge is 0.381 e. The maximum absolute atomic E-state index is 4.20. The second-order valence-electron chi connectivity index (χ2n) is 5.57. The third-order valence-electron chi connectivity index (χ3n) is 4.39. The van der Waals surface area contributed by atoms with E-state index in [4.69, 9.17) is 0 Å². The quantitative estimate of drug-likeness (QED) is 0.802. The van der Waals surface area contributed by atoms with Gasteiger partial charge in [0.05, 0.1) is 11.9 Å². The maximum atomic E-state index is 4.20. The van der Waals surface area contributed by atoms with E-state index in [1.807, 2.05) is 12.4 Å². The highest BCUT2D eigenvalue weighted by molar-refractivity contribution is 5.48. The molecule has 4 unspecified atom stereocenters. The highest BCUT2D eigenvalue weighted by atomic mass is 14.9. The fourth-order valence-corrected chi connectivity index (χ4v) is 3.37. The summed E-state index contributed by atoms with van der Waals surface area (Å²) in [5.41, 5.74) is 2.47. The summed E-state index contributed by atoms with van der Waals surface area (Å²) in [5.74, 6) is 2.45. The lowest BCUT2D eigenvalue weighted by molar-refractivity contribution is 0.399. The molecule has 17 heavy (non-hydrogen) atoms. The average molecular weight is 228 g/mol. The van der Waals surface area contributed by atoms with Crippen LogP contribution in [0.25, 0.3) is 0 Å². The van der Waals surface area contributed by atoms with Gasteiger partial charge in [-0.25, -0.2) is 0 Å². The number of nitrogens with zero attached hydrogens (tertiary/aromatic N) is 1. The maximum Gasteiger partial charge on any atom is 0.0558 e. The van der Waals surface area contributed by atoms with Crippen LogP contribution in [-0.4, -0.2) is 11.0 Å². The summed E-state index contributed by atoms with van der Waals surface area (Å²) < 4.78 is 0. The molecule has 2 bridgehead atoms. The van der Waals surface area contributed by atoms with E-state index in [1.165, 1.54) is 24.1 Å². The molecule has 2 aliphatic rings. The van der Waals surface area contributed by atoms with Gasteiger partial charge in [0.1, 0.15) is 0 Å². The minimum atomic E-state index is 0.540. The van der Waals surface area contributed by atoms with Crippen LogP contribution >= 0.6 is 0 Å². The van der Waals surface area contributed by atoms with Crippen molar-refractivity contribution in [2.45, 2.75) is 32.7 Å². The summed E-state index contributed by atoms with van der Waals surface area (Å²) in [6.07, 6.45) is 11.4. The van der Waals surface area contributed by atoms with Crippen LogP contribution in [-0.2, 0) is 0 Å². The molecule has 90 valence electrons. The molecular weight excluding hydrogens is 208 g/mol. The third kappa shape index (κ3) is 1.97. The van der Waals surface area contributed by atoms with Crippen LogP contribution in [0.15, 0.2) is 30.6 Å². The first-order chi connectivity index (χ1) is 8.24. The van der Waals surface area contributed by atoms with Crippen molar-refractivity contribution >= 4 is 5.69 Å². The van der Waals surface area contributed by atoms with E-state index in [2.05, 4.69) is 42.4 Å². The molecule has 0 saturated heterocycles. The summed E-state index contributed by atoms with van der Waals surface area (Å²) in [5, 5.41) is 3.64. The molecule has 3 rings (SSSR count). The molecule has 1 heterocycles. The number of aryl methyl sites for hydroxylation is 1. The lowest BCUT2D eigenvalue weighted by atomic mass is 9.87. The number of rotatable bonds is 3. The summed E-state index contributed by atoms with van der Waals surface area (Å²) in [6, 6.07) is 2.60. The van der Waals surface area contributed by atoms with Crippen LogP contribution in [0.2, 0.25) is 0 Å². The molecule has 4 atom stereocenters. The Morgan fingerprint density at radius 2 is 2.24 bits per heavy atom. The van der Waals surface area contributed by atoms with Gasteiger partial charge in [0, 0.05) is 12.2 Å². The van der Waals surface area contributed by atoms with Crippen molar-refractivity contribution in [3.8, 4) is 0 Å². The van der Waals surface area contributed by atoms with Gasteiger partial charge in [-0.3, -0.25) is 4.98 Å². The van der Waals surface area contributed by atoms with Crippen molar-refractivity contribution in [3.63, 3.8) is 0 Å². The number of pyridine rings is 1. The van der Waals surface area contributed by atoms with Crippen molar-refractivity contribution in [2.75, 3.05) is 5.32 Å². The number of hydrogen-bond acceptors (Lipinski definition) is 2. The van der Waals surface area contributed by atoms with Gasteiger partial charge in [-0.1, -0.05) is 12.2 Å². The SMILES string of the molecule is Cc1ccncc1NC(C)C1CC2C=CC1C2. The lowest BCUT2D eigenvalue weighted by Gasteiger charge is -2.27. The van der Waals surface area contributed by atoms with Crippen molar-refractivity contribution in [1.82, 2.24) is 4.98 Å². The van der Waals surface area contributed by atoms with Crippen molar-refractivity contribution in [1.29, 1.82) is 0 Å². The van der Waals surface area contributed by atoms with E-state index < -0.39 is 0 Å². The van der Waals surface area contributed by atoms with Gasteiger partial charge in [-0.05, 0) is 56.1 Å². The zero-order valence-corrected chi connectivity index (χ0v) is 10.6. The summed E-state index contributed by atoms with van der Waals surface area (Å²) >= 11 is 0. The standard InChI is InChI=1S/C15H20N2/c1-10-5-6-16-9-15(10)17-11(2)14-8-12-3-4-13(14)7-12/h3-6,9,11-14,17H,7-8H2,1-2H3. The Balaban J connectivity index is 1.70. The molecule has 1 aromatic heterocycles. The Labute approximate surface area is 103 Å². The van der Waals surface area contributed by atoms with Crippen LogP contribution in [0.3, 0.4) is 0 Å². The molecule has 0 amide bonds. The van der Waals surface area contributed by atoms with E-state index in [-0.39, 0.29) is 0 Å². The number of nitrogens with one attached hydrogen (secondary N) is 1. The minimum Gasteiger partial charge on any atom is -0.381 e. The zero-order chi connectivity index (χ0) is 11.8. The topological polar surface area (TPSA) is 24.9 Å². The first kappa shape index (κ1) is 10.8. The summed E-state index contributed by atoms with van der Waals surface area (Å²) in [6.45, 7) is 4.45. The molecule has 1 saturated carbocycles. The molecule has 0 spiro atoms. The molecule has 0 aromatic carbocycles. The smallest absolute Gasteiger partial charge is 0.0558 e. The Bertz CT molecular complexity index is 438. The van der Waals surface area contributed by atoms with Gasteiger partial charge in [-0.15, -0.1) is 0 Å². The summed E-state index contributed by atoms with van der Waals surface area (Å²) in [4.78, 5) is 4.20. The van der Waals surface area contributed by atoms with Crippen LogP contribution in [0.5, 0.6) is 0 Å². The molecule has 1 fully saturated rings. The fourth-order valence-electron chi connectivity index (χ4n) is 3.37. The van der Waals surface area contributed by atoms with Crippen molar-refractivity contribution in [2.24, 2.45) is 17.8 Å². The minimum absolute atomic E-state index is 0.540. The Hall–Kier alpha value is -1.31. The number of aromatic nitrogens is 1. The molecule has 0 aliphatic heterocycles. The van der Waals surface area contributed by atoms with Crippen molar-refractivity contribution in [3.05, 3.63) is 36.2 Å². The number of anilines is 1. The molecule has 1 aromatic rings. The van der Waals surface area contributed by atoms with Gasteiger partial charge in [0.2, 0.25) is 0 Å². The molecule has 2 aliphatic carbocycles. The molecule has 1 N–H and O–H groups in total. The van der Waals surface area contributed by atoms with E-state index in [0.29, 0.717) is 6.04 Å². The molecular formula is C15H20N2. The number of allylic oxidation sites excluding steroid dienone is 2. The average Bonchev–Trinajstić information content (AvgIpc) is 2.94. The first-order valence-corrected chi connectivity index (χ1v) is 6.59.